The standard InChI is InChI=1S/C14H13FN2O3S/c15-21(19,20)9-10-5-14(18)17(8-10)13-2-1-12-7-16-4-3-11(12)6-13/h1-4,6-7,10H,5,8-9H2. The van der Waals surface area contributed by atoms with Gasteiger partial charge in [-0.1, -0.05) is 6.07 Å². The number of halogens is 1. The number of rotatable bonds is 3. The number of hydrogen-bond donors (Lipinski definition) is 0. The summed E-state index contributed by atoms with van der Waals surface area (Å²) in [5.41, 5.74) is 0.692. The van der Waals surface area contributed by atoms with E-state index in [1.807, 2.05) is 18.2 Å². The highest BCUT2D eigenvalue weighted by Crippen LogP contribution is 2.28. The Morgan fingerprint density at radius 1 is 1.29 bits per heavy atom. The lowest BCUT2D eigenvalue weighted by Crippen LogP contribution is -2.25. The Morgan fingerprint density at radius 2 is 2.10 bits per heavy atom. The molecule has 3 rings (SSSR count). The largest absolute Gasteiger partial charge is 0.312 e. The second kappa shape index (κ2) is 5.07. The van der Waals surface area contributed by atoms with Gasteiger partial charge in [-0.15, -0.1) is 3.89 Å². The smallest absolute Gasteiger partial charge is 0.302 e. The van der Waals surface area contributed by atoms with Gasteiger partial charge in [-0.2, -0.15) is 8.42 Å². The summed E-state index contributed by atoms with van der Waals surface area (Å²) in [4.78, 5) is 17.5. The molecule has 0 bridgehead atoms. The first-order valence-corrected chi connectivity index (χ1v) is 8.04. The summed E-state index contributed by atoms with van der Waals surface area (Å²) < 4.78 is 34.2. The molecule has 1 aliphatic heterocycles. The van der Waals surface area contributed by atoms with Gasteiger partial charge in [0.2, 0.25) is 5.91 Å². The highest BCUT2D eigenvalue weighted by Gasteiger charge is 2.33. The molecule has 0 radical (unpaired) electrons. The van der Waals surface area contributed by atoms with Crippen molar-refractivity contribution in [3.05, 3.63) is 36.7 Å². The number of anilines is 1. The van der Waals surface area contributed by atoms with Crippen LogP contribution in [0.25, 0.3) is 10.8 Å². The van der Waals surface area contributed by atoms with Gasteiger partial charge in [-0.05, 0) is 23.6 Å². The zero-order valence-corrected chi connectivity index (χ0v) is 11.9. The molecule has 0 spiro atoms. The first-order chi connectivity index (χ1) is 9.92. The number of carbonyl (C=O) groups is 1. The Bertz CT molecular complexity index is 807. The lowest BCUT2D eigenvalue weighted by molar-refractivity contribution is -0.117. The summed E-state index contributed by atoms with van der Waals surface area (Å²) in [6.45, 7) is 0.221. The molecule has 7 heteroatoms. The molecule has 1 atom stereocenters. The fourth-order valence-corrected chi connectivity index (χ4v) is 3.45. The number of benzene rings is 1. The third-order valence-electron chi connectivity index (χ3n) is 3.58. The summed E-state index contributed by atoms with van der Waals surface area (Å²) in [5.74, 6) is -1.29. The van der Waals surface area contributed by atoms with Crippen molar-refractivity contribution in [1.29, 1.82) is 0 Å². The van der Waals surface area contributed by atoms with Gasteiger partial charge in [0.05, 0.1) is 5.75 Å². The van der Waals surface area contributed by atoms with Crippen molar-refractivity contribution in [2.45, 2.75) is 6.42 Å². The minimum absolute atomic E-state index is 0.0531. The van der Waals surface area contributed by atoms with Gasteiger partial charge in [0.1, 0.15) is 0 Å². The van der Waals surface area contributed by atoms with Crippen LogP contribution in [-0.4, -0.2) is 31.6 Å². The molecule has 1 aliphatic rings. The summed E-state index contributed by atoms with van der Waals surface area (Å²) in [5, 5.41) is 1.90. The minimum atomic E-state index is -4.56. The van der Waals surface area contributed by atoms with Gasteiger partial charge in [-0.3, -0.25) is 9.78 Å². The van der Waals surface area contributed by atoms with Crippen LogP contribution in [0.4, 0.5) is 9.57 Å². The first kappa shape index (κ1) is 13.9. The van der Waals surface area contributed by atoms with Gasteiger partial charge < -0.3 is 4.90 Å². The molecule has 1 aromatic heterocycles. The number of pyridine rings is 1. The summed E-state index contributed by atoms with van der Waals surface area (Å²) in [6, 6.07) is 7.32. The van der Waals surface area contributed by atoms with Crippen LogP contribution in [0.3, 0.4) is 0 Å². The zero-order valence-electron chi connectivity index (χ0n) is 11.1. The molecule has 110 valence electrons. The quantitative estimate of drug-likeness (QED) is 0.812. The van der Waals surface area contributed by atoms with E-state index >= 15 is 0 Å². The van der Waals surface area contributed by atoms with E-state index in [1.54, 1.807) is 18.5 Å². The van der Waals surface area contributed by atoms with Gasteiger partial charge in [0, 0.05) is 42.4 Å². The number of fused-ring (bicyclic) bond motifs is 1. The maximum Gasteiger partial charge on any atom is 0.302 e. The maximum atomic E-state index is 12.7. The van der Waals surface area contributed by atoms with Crippen molar-refractivity contribution >= 4 is 32.6 Å². The van der Waals surface area contributed by atoms with E-state index in [9.17, 15) is 17.1 Å². The molecule has 1 amide bonds. The van der Waals surface area contributed by atoms with E-state index in [0.29, 0.717) is 5.69 Å². The molecule has 1 fully saturated rings. The Morgan fingerprint density at radius 3 is 2.86 bits per heavy atom. The fraction of sp³-hybridized carbons (Fsp3) is 0.286. The molecule has 0 saturated carbocycles. The third kappa shape index (κ3) is 3.02. The predicted octanol–water partition coefficient (Wildman–Crippen LogP) is 1.89. The van der Waals surface area contributed by atoms with Crippen LogP contribution < -0.4 is 4.90 Å². The maximum absolute atomic E-state index is 12.7. The van der Waals surface area contributed by atoms with Crippen molar-refractivity contribution in [2.75, 3.05) is 17.2 Å². The number of aromatic nitrogens is 1. The second-order valence-electron chi connectivity index (χ2n) is 5.19. The Balaban J connectivity index is 1.87. The highest BCUT2D eigenvalue weighted by molar-refractivity contribution is 7.86. The summed E-state index contributed by atoms with van der Waals surface area (Å²) >= 11 is 0. The van der Waals surface area contributed by atoms with Crippen LogP contribution >= 0.6 is 0 Å². The van der Waals surface area contributed by atoms with Gasteiger partial charge in [0.25, 0.3) is 0 Å². The lowest BCUT2D eigenvalue weighted by atomic mass is 10.1. The van der Waals surface area contributed by atoms with E-state index in [1.165, 1.54) is 4.90 Å². The van der Waals surface area contributed by atoms with Crippen LogP contribution in [0.5, 0.6) is 0 Å². The normalized spacial score (nSPS) is 19.4. The Hall–Kier alpha value is -2.02. The monoisotopic (exact) mass is 308 g/mol. The summed E-state index contributed by atoms with van der Waals surface area (Å²) in [6.07, 6.45) is 3.44. The zero-order chi connectivity index (χ0) is 15.0. The number of carbonyl (C=O) groups excluding carboxylic acids is 1. The van der Waals surface area contributed by atoms with E-state index in [4.69, 9.17) is 0 Å². The van der Waals surface area contributed by atoms with Crippen LogP contribution in [0.2, 0.25) is 0 Å². The molecule has 1 unspecified atom stereocenters. The summed E-state index contributed by atoms with van der Waals surface area (Å²) in [7, 11) is -4.56. The predicted molar refractivity (Wildman–Crippen MR) is 77.1 cm³/mol. The topological polar surface area (TPSA) is 67.3 Å². The fourth-order valence-electron chi connectivity index (χ4n) is 2.66. The van der Waals surface area contributed by atoms with Crippen molar-refractivity contribution in [2.24, 2.45) is 5.92 Å². The third-order valence-corrected chi connectivity index (χ3v) is 4.45. The van der Waals surface area contributed by atoms with Crippen LogP contribution in [-0.2, 0) is 15.0 Å². The average molecular weight is 308 g/mol. The molecule has 0 N–H and O–H groups in total. The van der Waals surface area contributed by atoms with Crippen molar-refractivity contribution in [3.63, 3.8) is 0 Å². The van der Waals surface area contributed by atoms with E-state index < -0.39 is 21.9 Å². The number of amides is 1. The van der Waals surface area contributed by atoms with Gasteiger partial charge in [-0.25, -0.2) is 0 Å². The Kier molecular flexibility index (Phi) is 3.36. The molecule has 2 heterocycles. The van der Waals surface area contributed by atoms with Crippen molar-refractivity contribution < 1.29 is 17.1 Å². The molecular formula is C14H13FN2O3S. The number of nitrogens with zero attached hydrogens (tertiary/aromatic N) is 2. The van der Waals surface area contributed by atoms with E-state index in [-0.39, 0.29) is 18.9 Å². The minimum Gasteiger partial charge on any atom is -0.312 e. The number of hydrogen-bond acceptors (Lipinski definition) is 4. The van der Waals surface area contributed by atoms with Crippen molar-refractivity contribution in [3.8, 4) is 0 Å². The highest BCUT2D eigenvalue weighted by atomic mass is 32.3. The molecule has 1 aromatic carbocycles. The second-order valence-corrected chi connectivity index (χ2v) is 6.60. The van der Waals surface area contributed by atoms with Crippen LogP contribution in [0, 0.1) is 5.92 Å². The van der Waals surface area contributed by atoms with Gasteiger partial charge in [0.15, 0.2) is 0 Å². The molecule has 1 saturated heterocycles. The van der Waals surface area contributed by atoms with Crippen LogP contribution in [0.1, 0.15) is 6.42 Å². The molecule has 5 nitrogen and oxygen atoms in total. The Labute approximate surface area is 121 Å². The lowest BCUT2D eigenvalue weighted by Gasteiger charge is -2.17. The molecule has 2 aromatic rings. The first-order valence-electron chi connectivity index (χ1n) is 6.49. The molecule has 0 aliphatic carbocycles. The molecular weight excluding hydrogens is 295 g/mol. The van der Waals surface area contributed by atoms with Crippen LogP contribution in [0.15, 0.2) is 36.7 Å². The van der Waals surface area contributed by atoms with Gasteiger partial charge >= 0.3 is 10.2 Å². The molecule has 21 heavy (non-hydrogen) atoms. The van der Waals surface area contributed by atoms with E-state index in [0.717, 1.165) is 10.8 Å². The van der Waals surface area contributed by atoms with Crippen molar-refractivity contribution in [1.82, 2.24) is 4.98 Å². The SMILES string of the molecule is O=C1CC(CS(=O)(=O)F)CN1c1ccc2cnccc2c1. The average Bonchev–Trinajstić information content (AvgIpc) is 2.76. The van der Waals surface area contributed by atoms with E-state index in [2.05, 4.69) is 4.98 Å².